The minimum Gasteiger partial charge on any atom is -0.385 e. The molecule has 1 aromatic heterocycles. The van der Waals surface area contributed by atoms with Crippen molar-refractivity contribution in [2.24, 2.45) is 0 Å². The average molecular weight is 252 g/mol. The number of aromatic nitrogens is 2. The molecule has 1 unspecified atom stereocenters. The SMILES string of the molecule is CCC(C)Nc1nc(C)cc(NCCCOC)n1. The molecule has 0 aliphatic rings. The number of nitrogens with one attached hydrogen (secondary N) is 2. The maximum Gasteiger partial charge on any atom is 0.225 e. The van der Waals surface area contributed by atoms with E-state index in [1.807, 2.05) is 13.0 Å². The highest BCUT2D eigenvalue weighted by Gasteiger charge is 2.04. The van der Waals surface area contributed by atoms with E-state index in [4.69, 9.17) is 4.74 Å². The summed E-state index contributed by atoms with van der Waals surface area (Å²) in [5.74, 6) is 1.56. The molecule has 0 amide bonds. The van der Waals surface area contributed by atoms with Crippen LogP contribution in [-0.2, 0) is 4.74 Å². The Morgan fingerprint density at radius 2 is 2.17 bits per heavy atom. The van der Waals surface area contributed by atoms with Gasteiger partial charge >= 0.3 is 0 Å². The Morgan fingerprint density at radius 1 is 1.39 bits per heavy atom. The lowest BCUT2D eigenvalue weighted by Gasteiger charge is -2.13. The fourth-order valence-corrected chi connectivity index (χ4v) is 1.48. The molecule has 1 aromatic rings. The second kappa shape index (κ2) is 7.87. The molecular formula is C13H24N4O. The third-order valence-corrected chi connectivity index (χ3v) is 2.67. The Morgan fingerprint density at radius 3 is 2.83 bits per heavy atom. The van der Waals surface area contributed by atoms with Crippen molar-refractivity contribution in [3.63, 3.8) is 0 Å². The summed E-state index contributed by atoms with van der Waals surface area (Å²) >= 11 is 0. The first-order chi connectivity index (χ1) is 8.65. The molecule has 0 radical (unpaired) electrons. The van der Waals surface area contributed by atoms with Crippen molar-refractivity contribution < 1.29 is 4.74 Å². The van der Waals surface area contributed by atoms with Gasteiger partial charge in [-0.05, 0) is 26.7 Å². The van der Waals surface area contributed by atoms with Gasteiger partial charge in [0.2, 0.25) is 5.95 Å². The van der Waals surface area contributed by atoms with Crippen LogP contribution >= 0.6 is 0 Å². The maximum absolute atomic E-state index is 5.01. The quantitative estimate of drug-likeness (QED) is 0.696. The summed E-state index contributed by atoms with van der Waals surface area (Å²) in [6.07, 6.45) is 2.02. The Balaban J connectivity index is 2.57. The summed E-state index contributed by atoms with van der Waals surface area (Å²) in [5, 5.41) is 6.57. The first kappa shape index (κ1) is 14.7. The van der Waals surface area contributed by atoms with Gasteiger partial charge in [-0.1, -0.05) is 6.92 Å². The Bertz CT molecular complexity index is 357. The Labute approximate surface area is 109 Å². The summed E-state index contributed by atoms with van der Waals surface area (Å²) in [6.45, 7) is 7.85. The van der Waals surface area contributed by atoms with E-state index >= 15 is 0 Å². The van der Waals surface area contributed by atoms with E-state index in [1.165, 1.54) is 0 Å². The van der Waals surface area contributed by atoms with Gasteiger partial charge < -0.3 is 15.4 Å². The lowest BCUT2D eigenvalue weighted by atomic mass is 10.3. The first-order valence-corrected chi connectivity index (χ1v) is 6.50. The van der Waals surface area contributed by atoms with Crippen molar-refractivity contribution in [1.82, 2.24) is 9.97 Å². The van der Waals surface area contributed by atoms with Crippen LogP contribution in [0.4, 0.5) is 11.8 Å². The fourth-order valence-electron chi connectivity index (χ4n) is 1.48. The van der Waals surface area contributed by atoms with Crippen LogP contribution in [-0.4, -0.2) is 36.3 Å². The smallest absolute Gasteiger partial charge is 0.225 e. The van der Waals surface area contributed by atoms with Gasteiger partial charge in [0.15, 0.2) is 0 Å². The number of anilines is 2. The molecule has 0 bridgehead atoms. The van der Waals surface area contributed by atoms with Crippen LogP contribution in [0.15, 0.2) is 6.07 Å². The summed E-state index contributed by atoms with van der Waals surface area (Å²) < 4.78 is 5.01. The highest BCUT2D eigenvalue weighted by Crippen LogP contribution is 2.11. The monoisotopic (exact) mass is 252 g/mol. The predicted molar refractivity (Wildman–Crippen MR) is 75.1 cm³/mol. The van der Waals surface area contributed by atoms with Crippen molar-refractivity contribution in [1.29, 1.82) is 0 Å². The molecule has 1 atom stereocenters. The van der Waals surface area contributed by atoms with Crippen LogP contribution in [0.3, 0.4) is 0 Å². The molecule has 5 heteroatoms. The lowest BCUT2D eigenvalue weighted by molar-refractivity contribution is 0.198. The number of ether oxygens (including phenoxy) is 1. The van der Waals surface area contributed by atoms with Gasteiger partial charge in [-0.15, -0.1) is 0 Å². The maximum atomic E-state index is 5.01. The van der Waals surface area contributed by atoms with E-state index in [9.17, 15) is 0 Å². The van der Waals surface area contributed by atoms with E-state index in [1.54, 1.807) is 7.11 Å². The second-order valence-corrected chi connectivity index (χ2v) is 4.44. The van der Waals surface area contributed by atoms with Gasteiger partial charge in [0.05, 0.1) is 0 Å². The highest BCUT2D eigenvalue weighted by atomic mass is 16.5. The predicted octanol–water partition coefficient (Wildman–Crippen LogP) is 2.44. The highest BCUT2D eigenvalue weighted by molar-refractivity contribution is 5.42. The molecule has 0 aliphatic carbocycles. The van der Waals surface area contributed by atoms with Gasteiger partial charge in [-0.2, -0.15) is 4.98 Å². The fraction of sp³-hybridized carbons (Fsp3) is 0.692. The lowest BCUT2D eigenvalue weighted by Crippen LogP contribution is -2.17. The summed E-state index contributed by atoms with van der Waals surface area (Å²) in [5.41, 5.74) is 0.963. The Kier molecular flexibility index (Phi) is 6.43. The van der Waals surface area contributed by atoms with E-state index in [-0.39, 0.29) is 0 Å². The molecule has 0 fully saturated rings. The van der Waals surface area contributed by atoms with Crippen LogP contribution in [0.2, 0.25) is 0 Å². The van der Waals surface area contributed by atoms with Gasteiger partial charge in [0.25, 0.3) is 0 Å². The van der Waals surface area contributed by atoms with E-state index < -0.39 is 0 Å². The number of nitrogens with zero attached hydrogens (tertiary/aromatic N) is 2. The second-order valence-electron chi connectivity index (χ2n) is 4.44. The first-order valence-electron chi connectivity index (χ1n) is 6.50. The molecular weight excluding hydrogens is 228 g/mol. The van der Waals surface area contributed by atoms with Crippen LogP contribution in [0, 0.1) is 6.92 Å². The van der Waals surface area contributed by atoms with Crippen LogP contribution in [0.1, 0.15) is 32.4 Å². The van der Waals surface area contributed by atoms with E-state index in [0.29, 0.717) is 12.0 Å². The molecule has 0 aliphatic heterocycles. The zero-order valence-corrected chi connectivity index (χ0v) is 11.8. The number of hydrogen-bond acceptors (Lipinski definition) is 5. The summed E-state index contributed by atoms with van der Waals surface area (Å²) in [6, 6.07) is 2.34. The van der Waals surface area contributed by atoms with Gasteiger partial charge in [-0.3, -0.25) is 0 Å². The standard InChI is InChI=1S/C13H24N4O/c1-5-10(2)15-13-16-11(3)9-12(17-13)14-7-6-8-18-4/h9-10H,5-8H2,1-4H3,(H2,14,15,16,17). The zero-order valence-electron chi connectivity index (χ0n) is 11.8. The van der Waals surface area contributed by atoms with Crippen LogP contribution in [0.25, 0.3) is 0 Å². The molecule has 102 valence electrons. The summed E-state index contributed by atoms with van der Waals surface area (Å²) in [4.78, 5) is 8.82. The molecule has 0 saturated heterocycles. The van der Waals surface area contributed by atoms with Crippen molar-refractivity contribution in [3.05, 3.63) is 11.8 Å². The largest absolute Gasteiger partial charge is 0.385 e. The molecule has 0 saturated carbocycles. The molecule has 2 N–H and O–H groups in total. The minimum atomic E-state index is 0.383. The molecule has 0 aromatic carbocycles. The van der Waals surface area contributed by atoms with Crippen molar-refractivity contribution in [3.8, 4) is 0 Å². The average Bonchev–Trinajstić information content (AvgIpc) is 2.34. The molecule has 1 heterocycles. The van der Waals surface area contributed by atoms with Crippen molar-refractivity contribution in [2.75, 3.05) is 30.9 Å². The molecule has 0 spiro atoms. The van der Waals surface area contributed by atoms with Crippen LogP contribution in [0.5, 0.6) is 0 Å². The minimum absolute atomic E-state index is 0.383. The molecule has 18 heavy (non-hydrogen) atoms. The van der Waals surface area contributed by atoms with E-state index in [0.717, 1.165) is 37.5 Å². The number of methoxy groups -OCH3 is 1. The third-order valence-electron chi connectivity index (χ3n) is 2.67. The Hall–Kier alpha value is -1.36. The number of aryl methyl sites for hydroxylation is 1. The third kappa shape index (κ3) is 5.31. The zero-order chi connectivity index (χ0) is 13.4. The van der Waals surface area contributed by atoms with Gasteiger partial charge in [-0.25, -0.2) is 4.98 Å². The summed E-state index contributed by atoms with van der Waals surface area (Å²) in [7, 11) is 1.71. The number of rotatable bonds is 8. The van der Waals surface area contributed by atoms with Gasteiger partial charge in [0.1, 0.15) is 5.82 Å². The topological polar surface area (TPSA) is 59.1 Å². The normalized spacial score (nSPS) is 12.2. The molecule has 1 rings (SSSR count). The van der Waals surface area contributed by atoms with Gasteiger partial charge in [0, 0.05) is 38.1 Å². The van der Waals surface area contributed by atoms with E-state index in [2.05, 4.69) is 34.4 Å². The van der Waals surface area contributed by atoms with Crippen molar-refractivity contribution in [2.45, 2.75) is 39.7 Å². The van der Waals surface area contributed by atoms with Crippen molar-refractivity contribution >= 4 is 11.8 Å². The number of hydrogen-bond donors (Lipinski definition) is 2. The molecule has 5 nitrogen and oxygen atoms in total. The van der Waals surface area contributed by atoms with Crippen LogP contribution < -0.4 is 10.6 Å².